The normalized spacial score (nSPS) is 15.1. The first-order chi connectivity index (χ1) is 17.9. The molecule has 2 N–H and O–H groups in total. The summed E-state index contributed by atoms with van der Waals surface area (Å²) in [4.78, 5) is 45.5. The smallest absolute Gasteiger partial charge is 0.271 e. The average molecular weight is 548 g/mol. The summed E-state index contributed by atoms with van der Waals surface area (Å²) in [6.07, 6.45) is -2.62. The number of rotatable bonds is 6. The number of carbonyl (C=O) groups excluding carboxylic acids is 2. The van der Waals surface area contributed by atoms with Gasteiger partial charge >= 0.3 is 0 Å². The number of fused-ring (bicyclic) bond motifs is 1. The van der Waals surface area contributed by atoms with Gasteiger partial charge in [-0.1, -0.05) is 11.6 Å². The van der Waals surface area contributed by atoms with Crippen molar-refractivity contribution in [3.05, 3.63) is 67.7 Å². The highest BCUT2D eigenvalue weighted by Crippen LogP contribution is 2.30. The highest BCUT2D eigenvalue weighted by atomic mass is 35.5. The minimum absolute atomic E-state index is 0.0136. The van der Waals surface area contributed by atoms with E-state index in [1.54, 1.807) is 14.0 Å². The van der Waals surface area contributed by atoms with Gasteiger partial charge in [-0.2, -0.15) is 5.10 Å². The lowest BCUT2D eigenvalue weighted by molar-refractivity contribution is 0.0652. The van der Waals surface area contributed by atoms with Gasteiger partial charge in [0.2, 0.25) is 5.95 Å². The first-order valence-corrected chi connectivity index (χ1v) is 12.4. The first-order valence-electron chi connectivity index (χ1n) is 12.0. The Morgan fingerprint density at radius 1 is 1.21 bits per heavy atom. The van der Waals surface area contributed by atoms with E-state index in [0.29, 0.717) is 17.1 Å². The Morgan fingerprint density at radius 3 is 2.55 bits per heavy atom. The summed E-state index contributed by atoms with van der Waals surface area (Å²) in [6, 6.07) is 4.77. The van der Waals surface area contributed by atoms with Gasteiger partial charge in [-0.15, -0.1) is 0 Å². The number of amides is 2. The molecule has 3 aromatic rings. The van der Waals surface area contributed by atoms with Gasteiger partial charge in [-0.05, 0) is 45.4 Å². The molecule has 13 heteroatoms. The molecule has 2 aromatic heterocycles. The van der Waals surface area contributed by atoms with E-state index in [1.807, 2.05) is 13.8 Å². The van der Waals surface area contributed by atoms with Crippen molar-refractivity contribution in [1.29, 1.82) is 0 Å². The number of benzene rings is 1. The van der Waals surface area contributed by atoms with E-state index in [2.05, 4.69) is 15.7 Å². The van der Waals surface area contributed by atoms with Crippen molar-refractivity contribution in [3.8, 4) is 5.82 Å². The number of anilines is 1. The molecule has 10 nitrogen and oxygen atoms in total. The Balaban J connectivity index is 1.78. The Bertz CT molecular complexity index is 1470. The van der Waals surface area contributed by atoms with Gasteiger partial charge in [0, 0.05) is 54.0 Å². The zero-order valence-corrected chi connectivity index (χ0v) is 22.3. The van der Waals surface area contributed by atoms with Crippen LogP contribution < -0.4 is 16.2 Å². The van der Waals surface area contributed by atoms with Gasteiger partial charge in [0.15, 0.2) is 5.69 Å². The molecule has 1 aliphatic rings. The summed E-state index contributed by atoms with van der Waals surface area (Å²) in [5.41, 5.74) is 0.265. The van der Waals surface area contributed by atoms with E-state index in [9.17, 15) is 23.2 Å². The lowest BCUT2D eigenvalue weighted by Gasteiger charge is -2.34. The molecule has 0 aliphatic carbocycles. The number of halogens is 3. The van der Waals surface area contributed by atoms with Crippen LogP contribution >= 0.6 is 11.6 Å². The Labute approximate surface area is 222 Å². The summed E-state index contributed by atoms with van der Waals surface area (Å²) < 4.78 is 29.5. The molecule has 38 heavy (non-hydrogen) atoms. The van der Waals surface area contributed by atoms with E-state index in [0.717, 1.165) is 6.07 Å². The van der Waals surface area contributed by atoms with Crippen LogP contribution in [0.4, 0.5) is 14.7 Å². The fraction of sp³-hybridized carbons (Fsp3) is 0.400. The van der Waals surface area contributed by atoms with Crippen LogP contribution in [0, 0.1) is 0 Å². The van der Waals surface area contributed by atoms with Gasteiger partial charge in [-0.25, -0.2) is 18.3 Å². The molecule has 1 aliphatic heterocycles. The third-order valence-electron chi connectivity index (χ3n) is 6.31. The number of nitrogens with zero attached hydrogens (tertiary/aromatic N) is 5. The van der Waals surface area contributed by atoms with Crippen LogP contribution in [0.3, 0.4) is 0 Å². The lowest BCUT2D eigenvalue weighted by Crippen LogP contribution is -2.46. The van der Waals surface area contributed by atoms with Crippen molar-refractivity contribution in [1.82, 2.24) is 29.5 Å². The fourth-order valence-electron chi connectivity index (χ4n) is 4.41. The van der Waals surface area contributed by atoms with Crippen molar-refractivity contribution < 1.29 is 18.4 Å². The molecule has 0 saturated heterocycles. The van der Waals surface area contributed by atoms with E-state index in [-0.39, 0.29) is 46.8 Å². The molecule has 4 rings (SSSR count). The predicted octanol–water partition coefficient (Wildman–Crippen LogP) is 3.32. The molecule has 0 bridgehead atoms. The predicted molar refractivity (Wildman–Crippen MR) is 138 cm³/mol. The summed E-state index contributed by atoms with van der Waals surface area (Å²) >= 11 is 5.87. The number of carbonyl (C=O) groups is 2. The largest absolute Gasteiger partial charge is 0.354 e. The number of alkyl halides is 2. The second-order valence-electron chi connectivity index (χ2n) is 9.41. The standard InChI is InChI=1S/C25H28ClF2N7O3/c1-12(2)30-25-31-19-11-34(23(37)14-6-7-17(26)15(9-14)21(27)28)13(3)8-16(19)24(38)35(25)20-10-18(22(36)29-4)32-33(20)5/h6-7,9-10,12-13,21H,8,11H2,1-5H3,(H,29,36)(H,30,31)/t13-/m1/s1. The van der Waals surface area contributed by atoms with Crippen molar-refractivity contribution in [2.75, 3.05) is 12.4 Å². The third-order valence-corrected chi connectivity index (χ3v) is 6.66. The number of hydrogen-bond acceptors (Lipinski definition) is 6. The van der Waals surface area contributed by atoms with Crippen LogP contribution in [0.1, 0.15) is 64.9 Å². The van der Waals surface area contributed by atoms with Gasteiger partial charge in [-0.3, -0.25) is 19.1 Å². The molecular weight excluding hydrogens is 520 g/mol. The maximum Gasteiger partial charge on any atom is 0.271 e. The van der Waals surface area contributed by atoms with E-state index < -0.39 is 29.8 Å². The molecule has 0 unspecified atom stereocenters. The van der Waals surface area contributed by atoms with Crippen LogP contribution in [0.2, 0.25) is 5.02 Å². The van der Waals surface area contributed by atoms with Crippen molar-refractivity contribution >= 4 is 29.4 Å². The molecule has 0 spiro atoms. The maximum absolute atomic E-state index is 13.8. The van der Waals surface area contributed by atoms with Crippen LogP contribution in [-0.4, -0.2) is 55.2 Å². The zero-order chi connectivity index (χ0) is 27.9. The van der Waals surface area contributed by atoms with Crippen LogP contribution in [0.5, 0.6) is 0 Å². The van der Waals surface area contributed by atoms with Crippen LogP contribution in [-0.2, 0) is 20.0 Å². The van der Waals surface area contributed by atoms with Gasteiger partial charge in [0.25, 0.3) is 23.8 Å². The molecule has 1 atom stereocenters. The SMILES string of the molecule is CNC(=O)c1cc(-n2c(NC(C)C)nc3c(c2=O)C[C@@H](C)N(C(=O)c2ccc(Cl)c(C(F)F)c2)C3)n(C)n1. The fourth-order valence-corrected chi connectivity index (χ4v) is 4.61. The van der Waals surface area contributed by atoms with Gasteiger partial charge < -0.3 is 15.5 Å². The summed E-state index contributed by atoms with van der Waals surface area (Å²) in [5, 5.41) is 9.78. The average Bonchev–Trinajstić information content (AvgIpc) is 3.24. The summed E-state index contributed by atoms with van der Waals surface area (Å²) in [7, 11) is 3.11. The molecule has 2 amide bonds. The second kappa shape index (κ2) is 10.5. The van der Waals surface area contributed by atoms with Crippen molar-refractivity contribution in [3.63, 3.8) is 0 Å². The molecule has 0 saturated carbocycles. The van der Waals surface area contributed by atoms with Crippen LogP contribution in [0.15, 0.2) is 29.1 Å². The molecule has 1 aromatic carbocycles. The first kappa shape index (κ1) is 27.2. The maximum atomic E-state index is 13.8. The second-order valence-corrected chi connectivity index (χ2v) is 9.82. The molecule has 0 radical (unpaired) electrons. The van der Waals surface area contributed by atoms with Crippen molar-refractivity contribution in [2.45, 2.75) is 52.2 Å². The van der Waals surface area contributed by atoms with Gasteiger partial charge in [0.1, 0.15) is 5.82 Å². The number of nitrogens with one attached hydrogen (secondary N) is 2. The third kappa shape index (κ3) is 5.00. The van der Waals surface area contributed by atoms with E-state index >= 15 is 0 Å². The minimum Gasteiger partial charge on any atom is -0.354 e. The molecule has 202 valence electrons. The van der Waals surface area contributed by atoms with E-state index in [1.165, 1.54) is 39.4 Å². The Morgan fingerprint density at radius 2 is 1.92 bits per heavy atom. The highest BCUT2D eigenvalue weighted by Gasteiger charge is 2.33. The topological polar surface area (TPSA) is 114 Å². The van der Waals surface area contributed by atoms with Crippen molar-refractivity contribution in [2.24, 2.45) is 7.05 Å². The Kier molecular flexibility index (Phi) is 7.54. The van der Waals surface area contributed by atoms with Gasteiger partial charge in [0.05, 0.1) is 12.2 Å². The number of hydrogen-bond donors (Lipinski definition) is 2. The lowest BCUT2D eigenvalue weighted by atomic mass is 9.98. The zero-order valence-electron chi connectivity index (χ0n) is 21.6. The minimum atomic E-state index is -2.82. The van der Waals surface area contributed by atoms with E-state index in [4.69, 9.17) is 16.6 Å². The summed E-state index contributed by atoms with van der Waals surface area (Å²) in [5.74, 6) is -0.292. The monoisotopic (exact) mass is 547 g/mol. The Hall–Kier alpha value is -3.80. The molecule has 0 fully saturated rings. The van der Waals surface area contributed by atoms with Crippen LogP contribution in [0.25, 0.3) is 5.82 Å². The molecular formula is C25H28ClF2N7O3. The number of aromatic nitrogens is 4. The number of aryl methyl sites for hydroxylation is 1. The summed E-state index contributed by atoms with van der Waals surface area (Å²) in [6.45, 7) is 5.56. The highest BCUT2D eigenvalue weighted by molar-refractivity contribution is 6.31. The quantitative estimate of drug-likeness (QED) is 0.489. The molecule has 3 heterocycles.